The molecule has 0 aromatic carbocycles. The normalized spacial score (nSPS) is 17.1. The maximum Gasteiger partial charge on any atom is 0.182 e. The fourth-order valence-electron chi connectivity index (χ4n) is 1.72. The van der Waals surface area contributed by atoms with Crippen molar-refractivity contribution in [3.8, 4) is 0 Å². The number of hydrogen-bond acceptors (Lipinski definition) is 5. The van der Waals surface area contributed by atoms with Gasteiger partial charge in [-0.25, -0.2) is 13.1 Å². The summed E-state index contributed by atoms with van der Waals surface area (Å²) in [6.07, 6.45) is 4.43. The van der Waals surface area contributed by atoms with E-state index in [0.29, 0.717) is 11.9 Å². The lowest BCUT2D eigenvalue weighted by Crippen LogP contribution is -2.28. The van der Waals surface area contributed by atoms with Gasteiger partial charge in [0.2, 0.25) is 0 Å². The van der Waals surface area contributed by atoms with Gasteiger partial charge < -0.3 is 11.1 Å². The van der Waals surface area contributed by atoms with Gasteiger partial charge in [-0.1, -0.05) is 0 Å². The van der Waals surface area contributed by atoms with Gasteiger partial charge in [0.25, 0.3) is 0 Å². The lowest BCUT2D eigenvalue weighted by molar-refractivity contribution is 0.443. The van der Waals surface area contributed by atoms with Crippen LogP contribution >= 0.6 is 0 Å². The first-order valence-corrected chi connectivity index (χ1v) is 7.08. The summed E-state index contributed by atoms with van der Waals surface area (Å²) in [6.45, 7) is 0. The Bertz CT molecular complexity index is 502. The predicted octanol–water partition coefficient (Wildman–Crippen LogP) is 0.370. The van der Waals surface area contributed by atoms with E-state index in [1.54, 1.807) is 7.05 Å². The van der Waals surface area contributed by atoms with Crippen molar-refractivity contribution in [2.24, 2.45) is 7.05 Å². The number of hydrogen-bond donors (Lipinski definition) is 2. The molecule has 0 atom stereocenters. The molecule has 0 unspecified atom stereocenters. The third kappa shape index (κ3) is 1.87. The van der Waals surface area contributed by atoms with E-state index in [1.807, 2.05) is 0 Å². The Kier molecular flexibility index (Phi) is 2.57. The van der Waals surface area contributed by atoms with E-state index < -0.39 is 9.84 Å². The largest absolute Gasteiger partial charge is 0.383 e. The summed E-state index contributed by atoms with van der Waals surface area (Å²) in [5, 5.41) is 7.22. The van der Waals surface area contributed by atoms with Crippen LogP contribution in [0.1, 0.15) is 19.3 Å². The Balaban J connectivity index is 2.39. The number of aryl methyl sites for hydroxylation is 1. The second-order valence-electron chi connectivity index (χ2n) is 4.23. The van der Waals surface area contributed by atoms with Crippen LogP contribution in [0.2, 0.25) is 0 Å². The minimum atomic E-state index is -3.34. The predicted molar refractivity (Wildman–Crippen MR) is 62.0 cm³/mol. The molecule has 1 aliphatic carbocycles. The summed E-state index contributed by atoms with van der Waals surface area (Å²) in [7, 11) is -1.71. The first-order valence-electron chi connectivity index (χ1n) is 5.18. The minimum Gasteiger partial charge on any atom is -0.383 e. The molecule has 3 N–H and O–H groups in total. The van der Waals surface area contributed by atoms with Gasteiger partial charge in [-0.05, 0) is 19.3 Å². The van der Waals surface area contributed by atoms with Crippen molar-refractivity contribution in [2.45, 2.75) is 30.2 Å². The SMILES string of the molecule is Cn1nc(NC2CCC2)c(S(C)(=O)=O)c1N. The van der Waals surface area contributed by atoms with Gasteiger partial charge in [0, 0.05) is 19.3 Å². The van der Waals surface area contributed by atoms with Crippen molar-refractivity contribution in [2.75, 3.05) is 17.3 Å². The number of nitrogens with zero attached hydrogens (tertiary/aromatic N) is 2. The number of nitrogens with one attached hydrogen (secondary N) is 1. The third-order valence-corrected chi connectivity index (χ3v) is 4.01. The fourth-order valence-corrected chi connectivity index (χ4v) is 2.69. The van der Waals surface area contributed by atoms with Gasteiger partial charge in [0.15, 0.2) is 20.6 Å². The molecule has 0 aliphatic heterocycles. The summed E-state index contributed by atoms with van der Waals surface area (Å²) >= 11 is 0. The van der Waals surface area contributed by atoms with Crippen molar-refractivity contribution in [3.05, 3.63) is 0 Å². The van der Waals surface area contributed by atoms with Crippen LogP contribution in [0.3, 0.4) is 0 Å². The molecule has 0 amide bonds. The summed E-state index contributed by atoms with van der Waals surface area (Å²) in [6, 6.07) is 0.329. The van der Waals surface area contributed by atoms with Crippen molar-refractivity contribution >= 4 is 21.5 Å². The molecule has 1 fully saturated rings. The quantitative estimate of drug-likeness (QED) is 0.801. The Morgan fingerprint density at radius 2 is 2.12 bits per heavy atom. The molecule has 1 aromatic heterocycles. The van der Waals surface area contributed by atoms with Crippen LogP contribution in [0.5, 0.6) is 0 Å². The smallest absolute Gasteiger partial charge is 0.182 e. The second kappa shape index (κ2) is 3.65. The van der Waals surface area contributed by atoms with Crippen LogP contribution in [0.4, 0.5) is 11.6 Å². The molecule has 0 radical (unpaired) electrons. The van der Waals surface area contributed by atoms with E-state index in [1.165, 1.54) is 11.1 Å². The van der Waals surface area contributed by atoms with E-state index in [-0.39, 0.29) is 10.7 Å². The Labute approximate surface area is 94.7 Å². The molecular weight excluding hydrogens is 228 g/mol. The van der Waals surface area contributed by atoms with E-state index in [4.69, 9.17) is 5.73 Å². The number of aromatic nitrogens is 2. The lowest BCUT2D eigenvalue weighted by Gasteiger charge is -2.26. The molecule has 1 aliphatic rings. The molecule has 0 spiro atoms. The molecular formula is C9H16N4O2S. The minimum absolute atomic E-state index is 0.113. The molecule has 1 aromatic rings. The van der Waals surface area contributed by atoms with Crippen LogP contribution in [-0.2, 0) is 16.9 Å². The van der Waals surface area contributed by atoms with Crippen LogP contribution in [0.25, 0.3) is 0 Å². The van der Waals surface area contributed by atoms with Gasteiger partial charge >= 0.3 is 0 Å². The Hall–Kier alpha value is -1.24. The first kappa shape index (κ1) is 11.3. The zero-order valence-corrected chi connectivity index (χ0v) is 10.2. The van der Waals surface area contributed by atoms with Crippen molar-refractivity contribution in [1.82, 2.24) is 9.78 Å². The highest BCUT2D eigenvalue weighted by Gasteiger charge is 2.26. The molecule has 0 bridgehead atoms. The van der Waals surface area contributed by atoms with Crippen molar-refractivity contribution < 1.29 is 8.42 Å². The van der Waals surface area contributed by atoms with Gasteiger partial charge in [0.05, 0.1) is 0 Å². The lowest BCUT2D eigenvalue weighted by atomic mass is 9.93. The highest BCUT2D eigenvalue weighted by Crippen LogP contribution is 2.30. The van der Waals surface area contributed by atoms with E-state index in [9.17, 15) is 8.42 Å². The molecule has 90 valence electrons. The highest BCUT2D eigenvalue weighted by molar-refractivity contribution is 7.91. The summed E-state index contributed by atoms with van der Waals surface area (Å²) < 4.78 is 24.6. The van der Waals surface area contributed by atoms with Crippen LogP contribution in [0, 0.1) is 0 Å². The number of nitrogen functional groups attached to an aromatic ring is 1. The zero-order valence-electron chi connectivity index (χ0n) is 9.40. The molecule has 1 heterocycles. The monoisotopic (exact) mass is 244 g/mol. The first-order chi connectivity index (χ1) is 7.39. The van der Waals surface area contributed by atoms with Crippen molar-refractivity contribution in [3.63, 3.8) is 0 Å². The number of rotatable bonds is 3. The highest BCUT2D eigenvalue weighted by atomic mass is 32.2. The maximum absolute atomic E-state index is 11.6. The van der Waals surface area contributed by atoms with E-state index in [0.717, 1.165) is 19.1 Å². The van der Waals surface area contributed by atoms with Crippen LogP contribution in [-0.4, -0.2) is 30.5 Å². The van der Waals surface area contributed by atoms with Gasteiger partial charge in [0.1, 0.15) is 5.82 Å². The molecule has 16 heavy (non-hydrogen) atoms. The standard InChI is InChI=1S/C9H16N4O2S/c1-13-8(10)7(16(2,14)15)9(12-13)11-6-4-3-5-6/h6H,3-5,10H2,1-2H3,(H,11,12). The number of nitrogens with two attached hydrogens (primary N) is 1. The average Bonchev–Trinajstić information content (AvgIpc) is 2.34. The Morgan fingerprint density at radius 3 is 2.56 bits per heavy atom. The fraction of sp³-hybridized carbons (Fsp3) is 0.667. The number of anilines is 2. The van der Waals surface area contributed by atoms with Crippen LogP contribution < -0.4 is 11.1 Å². The van der Waals surface area contributed by atoms with E-state index >= 15 is 0 Å². The maximum atomic E-state index is 11.6. The molecule has 7 heteroatoms. The second-order valence-corrected chi connectivity index (χ2v) is 6.18. The van der Waals surface area contributed by atoms with Gasteiger partial charge in [-0.15, -0.1) is 0 Å². The van der Waals surface area contributed by atoms with Crippen LogP contribution in [0.15, 0.2) is 4.90 Å². The zero-order chi connectivity index (χ0) is 11.9. The number of sulfone groups is 1. The summed E-state index contributed by atoms with van der Waals surface area (Å²) in [5.41, 5.74) is 5.71. The molecule has 6 nitrogen and oxygen atoms in total. The van der Waals surface area contributed by atoms with Gasteiger partial charge in [-0.3, -0.25) is 0 Å². The van der Waals surface area contributed by atoms with E-state index in [2.05, 4.69) is 10.4 Å². The topological polar surface area (TPSA) is 90.0 Å². The molecule has 2 rings (SSSR count). The summed E-state index contributed by atoms with van der Waals surface area (Å²) in [4.78, 5) is 0.113. The summed E-state index contributed by atoms with van der Waals surface area (Å²) in [5.74, 6) is 0.566. The molecule has 1 saturated carbocycles. The average molecular weight is 244 g/mol. The molecule has 0 saturated heterocycles. The third-order valence-electron chi connectivity index (χ3n) is 2.86. The Morgan fingerprint density at radius 1 is 1.50 bits per heavy atom. The van der Waals surface area contributed by atoms with Crippen molar-refractivity contribution in [1.29, 1.82) is 0 Å². The van der Waals surface area contributed by atoms with Gasteiger partial charge in [-0.2, -0.15) is 5.10 Å².